The first-order valence-electron chi connectivity index (χ1n) is 5.36. The fourth-order valence-corrected chi connectivity index (χ4v) is 2.30. The van der Waals surface area contributed by atoms with Crippen molar-refractivity contribution in [2.75, 3.05) is 6.61 Å². The van der Waals surface area contributed by atoms with Gasteiger partial charge in [-0.05, 0) is 5.56 Å². The molecule has 0 aliphatic carbocycles. The quantitative estimate of drug-likeness (QED) is 0.814. The first kappa shape index (κ1) is 15.9. The van der Waals surface area contributed by atoms with Crippen molar-refractivity contribution in [3.63, 3.8) is 0 Å². The van der Waals surface area contributed by atoms with Gasteiger partial charge in [0.15, 0.2) is 6.10 Å². The molecule has 8 heteroatoms. The van der Waals surface area contributed by atoms with Gasteiger partial charge in [0.05, 0.1) is 6.61 Å². The van der Waals surface area contributed by atoms with Crippen LogP contribution in [0, 0.1) is 0 Å². The maximum atomic E-state index is 12.0. The molecule has 0 spiro atoms. The van der Waals surface area contributed by atoms with Crippen LogP contribution in [0.4, 0.5) is 13.2 Å². The summed E-state index contributed by atoms with van der Waals surface area (Å²) in [5.74, 6) is -0.421. The van der Waals surface area contributed by atoms with Crippen molar-refractivity contribution in [1.29, 1.82) is 0 Å². The molecule has 1 N–H and O–H groups in total. The van der Waals surface area contributed by atoms with Gasteiger partial charge in [-0.2, -0.15) is 21.6 Å². The van der Waals surface area contributed by atoms with E-state index in [1.165, 1.54) is 0 Å². The van der Waals surface area contributed by atoms with Gasteiger partial charge in [0.25, 0.3) is 10.1 Å². The Labute approximate surface area is 108 Å². The highest BCUT2D eigenvalue weighted by Crippen LogP contribution is 2.22. The molecule has 0 bridgehead atoms. The monoisotopic (exact) mass is 298 g/mol. The first-order valence-corrected chi connectivity index (χ1v) is 6.94. The van der Waals surface area contributed by atoms with Crippen molar-refractivity contribution in [2.24, 2.45) is 0 Å². The van der Waals surface area contributed by atoms with E-state index in [-0.39, 0.29) is 0 Å². The fourth-order valence-electron chi connectivity index (χ4n) is 1.27. The average molecular weight is 298 g/mol. The Kier molecular flexibility index (Phi) is 5.33. The maximum absolute atomic E-state index is 12.0. The lowest BCUT2D eigenvalue weighted by atomic mass is 10.2. The summed E-state index contributed by atoms with van der Waals surface area (Å²) in [5.41, 5.74) is 0.471. The topological polar surface area (TPSA) is 63.6 Å². The molecule has 0 amide bonds. The minimum atomic E-state index is -4.77. The van der Waals surface area contributed by atoms with Crippen molar-refractivity contribution < 1.29 is 30.9 Å². The van der Waals surface area contributed by atoms with Crippen LogP contribution in [0.1, 0.15) is 12.0 Å². The summed E-state index contributed by atoms with van der Waals surface area (Å²) in [6.07, 6.45) is -8.18. The van der Waals surface area contributed by atoms with Gasteiger partial charge in [-0.3, -0.25) is 4.18 Å². The SMILES string of the molecule is O=S(=O)(Cc1ccccc1)OCC[C@@H](O)C(F)(F)F. The van der Waals surface area contributed by atoms with Gasteiger partial charge in [-0.1, -0.05) is 30.3 Å². The van der Waals surface area contributed by atoms with E-state index in [4.69, 9.17) is 5.11 Å². The summed E-state index contributed by atoms with van der Waals surface area (Å²) in [7, 11) is -3.95. The molecule has 0 aromatic heterocycles. The zero-order valence-corrected chi connectivity index (χ0v) is 10.6. The molecule has 1 aromatic rings. The van der Waals surface area contributed by atoms with Gasteiger partial charge >= 0.3 is 6.18 Å². The predicted octanol–water partition coefficient (Wildman–Crippen LogP) is 1.85. The molecule has 0 aliphatic rings. The Bertz CT molecular complexity index is 484. The summed E-state index contributed by atoms with van der Waals surface area (Å²) in [4.78, 5) is 0. The second-order valence-electron chi connectivity index (χ2n) is 3.86. The highest BCUT2D eigenvalue weighted by atomic mass is 32.2. The van der Waals surface area contributed by atoms with Gasteiger partial charge in [0.2, 0.25) is 0 Å². The maximum Gasteiger partial charge on any atom is 0.414 e. The van der Waals surface area contributed by atoms with Crippen LogP contribution in [0.5, 0.6) is 0 Å². The number of halogens is 3. The van der Waals surface area contributed by atoms with Crippen LogP contribution in [-0.4, -0.2) is 32.4 Å². The Morgan fingerprint density at radius 1 is 1.21 bits per heavy atom. The molecule has 1 aromatic carbocycles. The molecule has 0 radical (unpaired) electrons. The summed E-state index contributed by atoms with van der Waals surface area (Å²) in [6, 6.07) is 8.10. The largest absolute Gasteiger partial charge is 0.414 e. The van der Waals surface area contributed by atoms with E-state index in [9.17, 15) is 21.6 Å². The van der Waals surface area contributed by atoms with E-state index in [0.29, 0.717) is 5.56 Å². The summed E-state index contributed by atoms with van der Waals surface area (Å²) in [5, 5.41) is 8.67. The smallest absolute Gasteiger partial charge is 0.384 e. The molecule has 0 heterocycles. The number of alkyl halides is 3. The van der Waals surface area contributed by atoms with Gasteiger partial charge in [0.1, 0.15) is 5.75 Å². The number of rotatable bonds is 6. The number of benzene rings is 1. The Morgan fingerprint density at radius 2 is 1.79 bits per heavy atom. The molecule has 108 valence electrons. The molecule has 0 fully saturated rings. The molecule has 19 heavy (non-hydrogen) atoms. The molecule has 1 rings (SSSR count). The summed E-state index contributed by atoms with van der Waals surface area (Å²) < 4.78 is 63.2. The average Bonchev–Trinajstić information content (AvgIpc) is 2.28. The lowest BCUT2D eigenvalue weighted by Crippen LogP contribution is -2.30. The van der Waals surface area contributed by atoms with Crippen molar-refractivity contribution in [2.45, 2.75) is 24.5 Å². The van der Waals surface area contributed by atoms with E-state index in [1.807, 2.05) is 0 Å². The Hall–Kier alpha value is -1.12. The minimum absolute atomic E-state index is 0.421. The third kappa shape index (κ3) is 6.04. The lowest BCUT2D eigenvalue weighted by Gasteiger charge is -2.14. The van der Waals surface area contributed by atoms with Crippen LogP contribution in [0.15, 0.2) is 30.3 Å². The number of hydrogen-bond acceptors (Lipinski definition) is 4. The van der Waals surface area contributed by atoms with Gasteiger partial charge < -0.3 is 5.11 Å². The molecular formula is C11H13F3O4S. The van der Waals surface area contributed by atoms with E-state index in [2.05, 4.69) is 4.18 Å². The zero-order chi connectivity index (χ0) is 14.5. The number of aliphatic hydroxyl groups excluding tert-OH is 1. The van der Waals surface area contributed by atoms with Crippen LogP contribution in [-0.2, 0) is 20.1 Å². The van der Waals surface area contributed by atoms with Gasteiger partial charge in [-0.25, -0.2) is 0 Å². The third-order valence-corrected chi connectivity index (χ3v) is 3.43. The Balaban J connectivity index is 2.44. The van der Waals surface area contributed by atoms with E-state index in [0.717, 1.165) is 0 Å². The first-order chi connectivity index (χ1) is 8.71. The molecule has 0 saturated carbocycles. The fraction of sp³-hybridized carbons (Fsp3) is 0.455. The van der Waals surface area contributed by atoms with Crippen LogP contribution in [0.3, 0.4) is 0 Å². The number of hydrogen-bond donors (Lipinski definition) is 1. The van der Waals surface area contributed by atoms with Crippen molar-refractivity contribution in [3.05, 3.63) is 35.9 Å². The molecule has 0 unspecified atom stereocenters. The molecule has 1 atom stereocenters. The molecule has 0 aliphatic heterocycles. The standard InChI is InChI=1S/C11H13F3O4S/c12-11(13,14)10(15)6-7-18-19(16,17)8-9-4-2-1-3-5-9/h1-5,10,15H,6-8H2/t10-/m1/s1. The molecule has 4 nitrogen and oxygen atoms in total. The van der Waals surface area contributed by atoms with Gasteiger partial charge in [-0.15, -0.1) is 0 Å². The second kappa shape index (κ2) is 6.36. The lowest BCUT2D eigenvalue weighted by molar-refractivity contribution is -0.206. The van der Waals surface area contributed by atoms with Crippen LogP contribution < -0.4 is 0 Å². The van der Waals surface area contributed by atoms with Gasteiger partial charge in [0, 0.05) is 6.42 Å². The Morgan fingerprint density at radius 3 is 2.32 bits per heavy atom. The normalized spacial score (nSPS) is 14.3. The van der Waals surface area contributed by atoms with Crippen LogP contribution >= 0.6 is 0 Å². The highest BCUT2D eigenvalue weighted by molar-refractivity contribution is 7.85. The van der Waals surface area contributed by atoms with E-state index >= 15 is 0 Å². The van der Waals surface area contributed by atoms with E-state index < -0.39 is 41.2 Å². The molecule has 0 saturated heterocycles. The van der Waals surface area contributed by atoms with Crippen molar-refractivity contribution >= 4 is 10.1 Å². The molecular weight excluding hydrogens is 285 g/mol. The second-order valence-corrected chi connectivity index (χ2v) is 5.50. The highest BCUT2D eigenvalue weighted by Gasteiger charge is 2.37. The predicted molar refractivity (Wildman–Crippen MR) is 61.7 cm³/mol. The summed E-state index contributed by atoms with van der Waals surface area (Å²) >= 11 is 0. The summed E-state index contributed by atoms with van der Waals surface area (Å²) in [6.45, 7) is -0.712. The van der Waals surface area contributed by atoms with Crippen molar-refractivity contribution in [1.82, 2.24) is 0 Å². The number of aliphatic hydroxyl groups is 1. The van der Waals surface area contributed by atoms with E-state index in [1.54, 1.807) is 30.3 Å². The van der Waals surface area contributed by atoms with Crippen LogP contribution in [0.25, 0.3) is 0 Å². The van der Waals surface area contributed by atoms with Crippen molar-refractivity contribution in [3.8, 4) is 0 Å². The third-order valence-electron chi connectivity index (χ3n) is 2.22. The minimum Gasteiger partial charge on any atom is -0.384 e. The van der Waals surface area contributed by atoms with Crippen LogP contribution in [0.2, 0.25) is 0 Å². The zero-order valence-electron chi connectivity index (χ0n) is 9.80.